The summed E-state index contributed by atoms with van der Waals surface area (Å²) >= 11 is 18.4. The monoisotopic (exact) mass is 572 g/mol. The van der Waals surface area contributed by atoms with Crippen LogP contribution < -0.4 is 0 Å². The summed E-state index contributed by atoms with van der Waals surface area (Å²) in [6.07, 6.45) is -3.78. The molecule has 0 aliphatic rings. The highest BCUT2D eigenvalue weighted by Crippen LogP contribution is 2.29. The smallest absolute Gasteiger partial charge is 0.453 e. The molecule has 0 aliphatic heterocycles. The number of carboxylic acids is 1. The van der Waals surface area contributed by atoms with Crippen LogP contribution in [0.25, 0.3) is 5.82 Å². The molecule has 9 nitrogen and oxygen atoms in total. The number of pyridine rings is 1. The summed E-state index contributed by atoms with van der Waals surface area (Å²) in [5.74, 6) is -3.21. The number of nitrogens with zero attached hydrogens (tertiary/aromatic N) is 6. The van der Waals surface area contributed by atoms with E-state index in [-0.39, 0.29) is 55.8 Å². The Bertz CT molecular complexity index is 1530. The van der Waals surface area contributed by atoms with Crippen LogP contribution in [0.4, 0.5) is 13.2 Å². The van der Waals surface area contributed by atoms with Crippen molar-refractivity contribution in [3.63, 3.8) is 0 Å². The predicted molar refractivity (Wildman–Crippen MR) is 127 cm³/mol. The van der Waals surface area contributed by atoms with Gasteiger partial charge in [0.05, 0.1) is 22.8 Å². The number of aromatic carboxylic acids is 1. The molecule has 192 valence electrons. The highest BCUT2D eigenvalue weighted by molar-refractivity contribution is 6.36. The lowest BCUT2D eigenvalue weighted by molar-refractivity contribution is -0.145. The van der Waals surface area contributed by atoms with E-state index in [0.717, 1.165) is 9.36 Å². The number of halogens is 6. The van der Waals surface area contributed by atoms with Crippen molar-refractivity contribution in [2.45, 2.75) is 26.1 Å². The van der Waals surface area contributed by atoms with Crippen LogP contribution in [0.3, 0.4) is 0 Å². The van der Waals surface area contributed by atoms with Crippen LogP contribution in [-0.2, 0) is 19.1 Å². The molecule has 4 aromatic rings. The van der Waals surface area contributed by atoms with Gasteiger partial charge in [-0.3, -0.25) is 4.79 Å². The highest BCUT2D eigenvalue weighted by Gasteiger charge is 2.36. The second-order valence-corrected chi connectivity index (χ2v) is 8.95. The first-order valence-corrected chi connectivity index (χ1v) is 11.4. The van der Waals surface area contributed by atoms with E-state index in [1.54, 1.807) is 6.07 Å². The van der Waals surface area contributed by atoms with Crippen molar-refractivity contribution in [1.82, 2.24) is 29.5 Å². The molecule has 4 rings (SSSR count). The summed E-state index contributed by atoms with van der Waals surface area (Å²) in [4.78, 5) is 32.7. The number of aryl methyl sites for hydroxylation is 1. The number of aromatic nitrogens is 6. The Morgan fingerprint density at radius 1 is 1.08 bits per heavy atom. The summed E-state index contributed by atoms with van der Waals surface area (Å²) in [5, 5.41) is 17.5. The van der Waals surface area contributed by atoms with Crippen LogP contribution in [0.15, 0.2) is 36.5 Å². The molecule has 37 heavy (non-hydrogen) atoms. The summed E-state index contributed by atoms with van der Waals surface area (Å²) in [6.45, 7) is 1.09. The summed E-state index contributed by atoms with van der Waals surface area (Å²) in [6, 6.07) is 6.87. The SMILES string of the molecule is Cc1nc(C(F)(F)F)nn1Cc1cc(C(=O)Cc2c(Cl)cc(Cl)cc2C(=O)O)n(-c2ncccc2Cl)n1. The van der Waals surface area contributed by atoms with Gasteiger partial charge in [0.15, 0.2) is 11.6 Å². The number of carbonyl (C=O) groups excluding carboxylic acids is 1. The van der Waals surface area contributed by atoms with Crippen molar-refractivity contribution in [3.05, 3.63) is 85.8 Å². The number of hydrogen-bond donors (Lipinski definition) is 1. The van der Waals surface area contributed by atoms with Crippen molar-refractivity contribution >= 4 is 46.6 Å². The Hall–Kier alpha value is -3.48. The minimum absolute atomic E-state index is 0.0203. The molecule has 0 radical (unpaired) electrons. The number of ketones is 1. The Kier molecular flexibility index (Phi) is 7.27. The fourth-order valence-corrected chi connectivity index (χ4v) is 4.23. The normalized spacial score (nSPS) is 11.6. The molecule has 15 heteroatoms. The number of hydrogen-bond acceptors (Lipinski definition) is 6. The molecule has 0 fully saturated rings. The summed E-state index contributed by atoms with van der Waals surface area (Å²) in [7, 11) is 0. The third kappa shape index (κ3) is 5.60. The lowest BCUT2D eigenvalue weighted by Crippen LogP contribution is -2.15. The number of rotatable bonds is 7. The minimum atomic E-state index is -4.74. The molecule has 0 unspecified atom stereocenters. The molecule has 1 N–H and O–H groups in total. The molecule has 0 saturated carbocycles. The molecule has 3 aromatic heterocycles. The Morgan fingerprint density at radius 2 is 1.81 bits per heavy atom. The van der Waals surface area contributed by atoms with Crippen molar-refractivity contribution < 1.29 is 27.9 Å². The van der Waals surface area contributed by atoms with Crippen LogP contribution in [0, 0.1) is 6.92 Å². The van der Waals surface area contributed by atoms with E-state index < -0.39 is 30.2 Å². The van der Waals surface area contributed by atoms with Crippen LogP contribution in [0.5, 0.6) is 0 Å². The average molecular weight is 574 g/mol. The van der Waals surface area contributed by atoms with Gasteiger partial charge in [-0.25, -0.2) is 24.1 Å². The average Bonchev–Trinajstić information content (AvgIpc) is 3.39. The van der Waals surface area contributed by atoms with Gasteiger partial charge in [-0.2, -0.15) is 18.3 Å². The van der Waals surface area contributed by atoms with Gasteiger partial charge < -0.3 is 5.11 Å². The lowest BCUT2D eigenvalue weighted by Gasteiger charge is -2.10. The Labute approximate surface area is 221 Å². The molecule has 0 atom stereocenters. The van der Waals surface area contributed by atoms with E-state index in [2.05, 4.69) is 20.2 Å². The number of carbonyl (C=O) groups is 2. The van der Waals surface area contributed by atoms with Gasteiger partial charge in [0.1, 0.15) is 11.5 Å². The Balaban J connectivity index is 1.77. The number of benzene rings is 1. The fourth-order valence-electron chi connectivity index (χ4n) is 3.47. The summed E-state index contributed by atoms with van der Waals surface area (Å²) < 4.78 is 41.2. The molecule has 0 saturated heterocycles. The van der Waals surface area contributed by atoms with Gasteiger partial charge >= 0.3 is 12.1 Å². The number of alkyl halides is 3. The minimum Gasteiger partial charge on any atom is -0.478 e. The summed E-state index contributed by atoms with van der Waals surface area (Å²) in [5.41, 5.74) is -0.155. The maximum Gasteiger partial charge on any atom is 0.453 e. The van der Waals surface area contributed by atoms with Crippen molar-refractivity contribution in [2.75, 3.05) is 0 Å². The van der Waals surface area contributed by atoms with Gasteiger partial charge in [0, 0.05) is 22.7 Å². The molecular formula is C22H14Cl3F3N6O3. The zero-order valence-electron chi connectivity index (χ0n) is 18.6. The fraction of sp³-hybridized carbons (Fsp3) is 0.182. The van der Waals surface area contributed by atoms with Crippen LogP contribution >= 0.6 is 34.8 Å². The van der Waals surface area contributed by atoms with Crippen molar-refractivity contribution in [2.24, 2.45) is 0 Å². The molecule has 0 aliphatic carbocycles. The van der Waals surface area contributed by atoms with E-state index >= 15 is 0 Å². The number of carboxylic acid groups (broad SMARTS) is 1. The van der Waals surface area contributed by atoms with Crippen LogP contribution in [-0.4, -0.2) is 46.4 Å². The lowest BCUT2D eigenvalue weighted by atomic mass is 10.0. The van der Waals surface area contributed by atoms with E-state index in [0.29, 0.717) is 0 Å². The van der Waals surface area contributed by atoms with Gasteiger partial charge in [-0.15, -0.1) is 5.10 Å². The van der Waals surface area contributed by atoms with E-state index in [4.69, 9.17) is 34.8 Å². The maximum absolute atomic E-state index is 13.4. The third-order valence-electron chi connectivity index (χ3n) is 5.14. The predicted octanol–water partition coefficient (Wildman–Crippen LogP) is 5.32. The zero-order valence-corrected chi connectivity index (χ0v) is 20.9. The van der Waals surface area contributed by atoms with Gasteiger partial charge in [0.25, 0.3) is 5.82 Å². The van der Waals surface area contributed by atoms with E-state index in [9.17, 15) is 27.9 Å². The first-order valence-electron chi connectivity index (χ1n) is 10.3. The van der Waals surface area contributed by atoms with Gasteiger partial charge in [0.2, 0.25) is 0 Å². The molecule has 1 aromatic carbocycles. The largest absolute Gasteiger partial charge is 0.478 e. The topological polar surface area (TPSA) is 116 Å². The van der Waals surface area contributed by atoms with Crippen molar-refractivity contribution in [1.29, 1.82) is 0 Å². The first-order chi connectivity index (χ1) is 17.3. The maximum atomic E-state index is 13.4. The quantitative estimate of drug-likeness (QED) is 0.298. The van der Waals surface area contributed by atoms with Crippen molar-refractivity contribution in [3.8, 4) is 5.82 Å². The van der Waals surface area contributed by atoms with Gasteiger partial charge in [-0.05, 0) is 42.8 Å². The van der Waals surface area contributed by atoms with Gasteiger partial charge in [-0.1, -0.05) is 34.8 Å². The molecule has 0 spiro atoms. The van der Waals surface area contributed by atoms with E-state index in [1.165, 1.54) is 37.4 Å². The zero-order chi connectivity index (χ0) is 27.1. The van der Waals surface area contributed by atoms with Crippen LogP contribution in [0.2, 0.25) is 15.1 Å². The molecule has 0 bridgehead atoms. The third-order valence-corrected chi connectivity index (χ3v) is 5.99. The second kappa shape index (κ2) is 10.1. The highest BCUT2D eigenvalue weighted by atomic mass is 35.5. The van der Waals surface area contributed by atoms with Crippen LogP contribution in [0.1, 0.15) is 43.8 Å². The molecule has 0 amide bonds. The first kappa shape index (κ1) is 26.6. The molecule has 3 heterocycles. The van der Waals surface area contributed by atoms with E-state index in [1.807, 2.05) is 0 Å². The molecular weight excluding hydrogens is 560 g/mol. The second-order valence-electron chi connectivity index (χ2n) is 7.70. The Morgan fingerprint density at radius 3 is 2.43 bits per heavy atom. The standard InChI is InChI=1S/C22H14Cl3F3N6O3/c1-10-30-21(22(26,27)28)32-33(10)9-12-7-17(34(31-12)19-15(24)3-2-4-29-19)18(35)8-13-14(20(36)37)5-11(23)6-16(13)25/h2-7H,8-9H2,1H3,(H,36,37). The number of Topliss-reactive ketones (excluding diaryl/α,β-unsaturated/α-hetero) is 1.